The minimum atomic E-state index is -0.110. The number of rotatable bonds is 2. The normalized spacial score (nSPS) is 22.9. The number of hydrogen-bond acceptors (Lipinski definition) is 3. The second-order valence-corrected chi connectivity index (χ2v) is 5.81. The minimum Gasteiger partial charge on any atom is -0.399 e. The Bertz CT molecular complexity index is 626. The lowest BCUT2D eigenvalue weighted by Gasteiger charge is -2.26. The maximum Gasteiger partial charge on any atom is 0.272 e. The molecule has 4 N–H and O–H groups in total. The summed E-state index contributed by atoms with van der Waals surface area (Å²) in [5.41, 5.74) is 7.69. The fraction of sp³-hybridized carbons (Fsp3) is 0.467. The number of nitrogen functional groups attached to an aromatic ring is 1. The van der Waals surface area contributed by atoms with Gasteiger partial charge in [-0.25, -0.2) is 0 Å². The van der Waals surface area contributed by atoms with Crippen molar-refractivity contribution in [1.29, 1.82) is 0 Å². The molecule has 1 fully saturated rings. The maximum atomic E-state index is 12.3. The number of carbonyl (C=O) groups excluding carboxylic acids is 1. The average Bonchev–Trinajstić information content (AvgIpc) is 2.84. The predicted molar refractivity (Wildman–Crippen MR) is 79.4 cm³/mol. The molecule has 1 aromatic carbocycles. The van der Waals surface area contributed by atoms with E-state index in [1.54, 1.807) is 12.1 Å². The van der Waals surface area contributed by atoms with Crippen LogP contribution in [0, 0.1) is 5.92 Å². The van der Waals surface area contributed by atoms with E-state index in [4.69, 9.17) is 5.73 Å². The standard InChI is InChI=1S/C15H20N4O/c1-9-2-5-11(6-3-9)17-15(20)14-12-8-10(16)4-7-13(12)18-19-14/h4,7-9,11H,2-3,5-6,16H2,1H3,(H,17,20)(H,18,19). The zero-order chi connectivity index (χ0) is 14.1. The number of anilines is 1. The highest BCUT2D eigenvalue weighted by atomic mass is 16.2. The van der Waals surface area contributed by atoms with Crippen molar-refractivity contribution in [3.63, 3.8) is 0 Å². The summed E-state index contributed by atoms with van der Waals surface area (Å²) in [6, 6.07) is 5.70. The first-order chi connectivity index (χ1) is 9.63. The number of fused-ring (bicyclic) bond motifs is 1. The Hall–Kier alpha value is -2.04. The molecule has 106 valence electrons. The molecule has 0 aliphatic heterocycles. The van der Waals surface area contributed by atoms with E-state index in [2.05, 4.69) is 22.4 Å². The summed E-state index contributed by atoms with van der Waals surface area (Å²) in [4.78, 5) is 12.3. The number of nitrogens with two attached hydrogens (primary N) is 1. The van der Waals surface area contributed by atoms with Crippen LogP contribution in [-0.4, -0.2) is 22.1 Å². The topological polar surface area (TPSA) is 83.8 Å². The van der Waals surface area contributed by atoms with Gasteiger partial charge < -0.3 is 11.1 Å². The van der Waals surface area contributed by atoms with Gasteiger partial charge in [0.15, 0.2) is 5.69 Å². The molecular weight excluding hydrogens is 252 g/mol. The quantitative estimate of drug-likeness (QED) is 0.734. The van der Waals surface area contributed by atoms with Crippen molar-refractivity contribution in [3.05, 3.63) is 23.9 Å². The third-order valence-corrected chi connectivity index (χ3v) is 4.15. The molecule has 5 nitrogen and oxygen atoms in total. The van der Waals surface area contributed by atoms with E-state index in [1.165, 1.54) is 12.8 Å². The number of hydrogen-bond donors (Lipinski definition) is 3. The summed E-state index contributed by atoms with van der Waals surface area (Å²) >= 11 is 0. The van der Waals surface area contributed by atoms with Gasteiger partial charge in [-0.05, 0) is 49.8 Å². The molecule has 0 unspecified atom stereocenters. The molecule has 20 heavy (non-hydrogen) atoms. The van der Waals surface area contributed by atoms with E-state index >= 15 is 0 Å². The Morgan fingerprint density at radius 3 is 2.85 bits per heavy atom. The molecule has 2 aromatic rings. The van der Waals surface area contributed by atoms with Gasteiger partial charge in [-0.2, -0.15) is 5.10 Å². The van der Waals surface area contributed by atoms with Crippen LogP contribution in [-0.2, 0) is 0 Å². The monoisotopic (exact) mass is 272 g/mol. The minimum absolute atomic E-state index is 0.110. The van der Waals surface area contributed by atoms with E-state index in [1.807, 2.05) is 6.07 Å². The lowest BCUT2D eigenvalue weighted by atomic mass is 9.87. The van der Waals surface area contributed by atoms with Gasteiger partial charge in [-0.1, -0.05) is 6.92 Å². The highest BCUT2D eigenvalue weighted by molar-refractivity contribution is 6.05. The predicted octanol–water partition coefficient (Wildman–Crippen LogP) is 2.45. The number of nitrogens with one attached hydrogen (secondary N) is 2. The summed E-state index contributed by atoms with van der Waals surface area (Å²) in [5, 5.41) is 10.9. The van der Waals surface area contributed by atoms with Crippen molar-refractivity contribution in [3.8, 4) is 0 Å². The molecule has 1 heterocycles. The van der Waals surface area contributed by atoms with Crippen molar-refractivity contribution in [2.45, 2.75) is 38.6 Å². The van der Waals surface area contributed by atoms with Crippen molar-refractivity contribution in [2.24, 2.45) is 5.92 Å². The maximum absolute atomic E-state index is 12.3. The number of nitrogens with zero attached hydrogens (tertiary/aromatic N) is 1. The molecule has 3 rings (SSSR count). The Labute approximate surface area is 117 Å². The molecule has 0 saturated heterocycles. The molecule has 1 amide bonds. The van der Waals surface area contributed by atoms with E-state index in [0.29, 0.717) is 11.4 Å². The Balaban J connectivity index is 1.77. The molecule has 5 heteroatoms. The van der Waals surface area contributed by atoms with Crippen LogP contribution < -0.4 is 11.1 Å². The molecule has 1 aliphatic rings. The van der Waals surface area contributed by atoms with Crippen molar-refractivity contribution >= 4 is 22.5 Å². The molecule has 0 radical (unpaired) electrons. The molecule has 1 aliphatic carbocycles. The average molecular weight is 272 g/mol. The molecule has 1 aromatic heterocycles. The number of amides is 1. The highest BCUT2D eigenvalue weighted by Gasteiger charge is 2.22. The first kappa shape index (κ1) is 13.0. The van der Waals surface area contributed by atoms with Gasteiger partial charge in [0.1, 0.15) is 0 Å². The second kappa shape index (κ2) is 5.15. The summed E-state index contributed by atoms with van der Waals surface area (Å²) in [5.74, 6) is 0.663. The summed E-state index contributed by atoms with van der Waals surface area (Å²) in [6.45, 7) is 2.27. The number of aromatic amines is 1. The zero-order valence-corrected chi connectivity index (χ0v) is 11.6. The third-order valence-electron chi connectivity index (χ3n) is 4.15. The van der Waals surface area contributed by atoms with Gasteiger partial charge in [0.2, 0.25) is 0 Å². The van der Waals surface area contributed by atoms with Crippen molar-refractivity contribution in [1.82, 2.24) is 15.5 Å². The number of benzene rings is 1. The Morgan fingerprint density at radius 1 is 1.35 bits per heavy atom. The second-order valence-electron chi connectivity index (χ2n) is 5.81. The van der Waals surface area contributed by atoms with Crippen LogP contribution in [0.15, 0.2) is 18.2 Å². The van der Waals surface area contributed by atoms with Crippen LogP contribution in [0.3, 0.4) is 0 Å². The number of H-pyrrole nitrogens is 1. The van der Waals surface area contributed by atoms with Crippen LogP contribution >= 0.6 is 0 Å². The molecule has 1 saturated carbocycles. The first-order valence-electron chi connectivity index (χ1n) is 7.18. The first-order valence-corrected chi connectivity index (χ1v) is 7.18. The smallest absolute Gasteiger partial charge is 0.272 e. The van der Waals surface area contributed by atoms with Gasteiger partial charge in [-0.15, -0.1) is 0 Å². The van der Waals surface area contributed by atoms with Crippen LogP contribution in [0.4, 0.5) is 5.69 Å². The van der Waals surface area contributed by atoms with E-state index in [0.717, 1.165) is 29.7 Å². The summed E-state index contributed by atoms with van der Waals surface area (Å²) in [6.07, 6.45) is 4.47. The number of aromatic nitrogens is 2. The largest absolute Gasteiger partial charge is 0.399 e. The molecular formula is C15H20N4O. The lowest BCUT2D eigenvalue weighted by molar-refractivity contribution is 0.0919. The lowest BCUT2D eigenvalue weighted by Crippen LogP contribution is -2.37. The Kier molecular flexibility index (Phi) is 3.34. The zero-order valence-electron chi connectivity index (χ0n) is 11.6. The fourth-order valence-electron chi connectivity index (χ4n) is 2.86. The van der Waals surface area contributed by atoms with Crippen LogP contribution in [0.25, 0.3) is 10.9 Å². The van der Waals surface area contributed by atoms with E-state index < -0.39 is 0 Å². The molecule has 0 atom stereocenters. The van der Waals surface area contributed by atoms with Gasteiger partial charge in [0.25, 0.3) is 5.91 Å². The van der Waals surface area contributed by atoms with Gasteiger partial charge in [0.05, 0.1) is 5.52 Å². The molecule has 0 bridgehead atoms. The van der Waals surface area contributed by atoms with Crippen molar-refractivity contribution < 1.29 is 4.79 Å². The van der Waals surface area contributed by atoms with Crippen LogP contribution in [0.1, 0.15) is 43.1 Å². The van der Waals surface area contributed by atoms with Gasteiger partial charge >= 0.3 is 0 Å². The summed E-state index contributed by atoms with van der Waals surface area (Å²) in [7, 11) is 0. The fourth-order valence-corrected chi connectivity index (χ4v) is 2.86. The van der Waals surface area contributed by atoms with Crippen LogP contribution in [0.2, 0.25) is 0 Å². The SMILES string of the molecule is CC1CCC(NC(=O)c2n[nH]c3ccc(N)cc23)CC1. The Morgan fingerprint density at radius 2 is 2.10 bits per heavy atom. The van der Waals surface area contributed by atoms with E-state index in [-0.39, 0.29) is 11.9 Å². The summed E-state index contributed by atoms with van der Waals surface area (Å²) < 4.78 is 0. The highest BCUT2D eigenvalue weighted by Crippen LogP contribution is 2.24. The third kappa shape index (κ3) is 2.48. The van der Waals surface area contributed by atoms with Crippen molar-refractivity contribution in [2.75, 3.05) is 5.73 Å². The molecule has 0 spiro atoms. The van der Waals surface area contributed by atoms with Crippen LogP contribution in [0.5, 0.6) is 0 Å². The van der Waals surface area contributed by atoms with E-state index in [9.17, 15) is 4.79 Å². The number of carbonyl (C=O) groups is 1. The van der Waals surface area contributed by atoms with Gasteiger partial charge in [0, 0.05) is 17.1 Å². The van der Waals surface area contributed by atoms with Gasteiger partial charge in [-0.3, -0.25) is 9.89 Å².